The van der Waals surface area contributed by atoms with Crippen molar-refractivity contribution >= 4 is 36.0 Å². The predicted octanol–water partition coefficient (Wildman–Crippen LogP) is 4.17. The number of halogens is 1. The maximum atomic E-state index is 12.1. The Hall–Kier alpha value is -2.30. The minimum absolute atomic E-state index is 0. The molecule has 0 aliphatic carbocycles. The average molecular weight is 569 g/mol. The molecule has 1 saturated heterocycles. The molecule has 1 unspecified atom stereocenters. The molecule has 2 heterocycles. The van der Waals surface area contributed by atoms with Gasteiger partial charge in [-0.15, -0.1) is 24.0 Å². The number of carbonyl (C=O) groups excluding carboxylic acids is 1. The first kappa shape index (κ1) is 26.9. The van der Waals surface area contributed by atoms with Crippen molar-refractivity contribution in [2.24, 2.45) is 4.99 Å². The number of aromatic nitrogens is 2. The standard InChI is InChI=1S/C24H36N6O2.HI/c1-7-25-22(29-14-13-19(16-29)27-23(31)32-24(4,5)6)26-15-21-17(2)28-30(18(21)3)20-11-9-8-10-12-20;/h8-12,19H,7,13-16H2,1-6H3,(H,25,26)(H,27,31);1H. The Morgan fingerprint density at radius 3 is 2.58 bits per heavy atom. The van der Waals surface area contributed by atoms with Crippen LogP contribution in [0.15, 0.2) is 35.3 Å². The molecule has 1 amide bonds. The molecule has 0 saturated carbocycles. The molecule has 2 N–H and O–H groups in total. The molecule has 182 valence electrons. The highest BCUT2D eigenvalue weighted by Gasteiger charge is 2.28. The van der Waals surface area contributed by atoms with Crippen molar-refractivity contribution in [2.75, 3.05) is 19.6 Å². The summed E-state index contributed by atoms with van der Waals surface area (Å²) >= 11 is 0. The molecule has 1 atom stereocenters. The number of para-hydroxylation sites is 1. The number of likely N-dealkylation sites (tertiary alicyclic amines) is 1. The molecular formula is C24H37IN6O2. The second-order valence-electron chi connectivity index (χ2n) is 9.14. The van der Waals surface area contributed by atoms with Crippen LogP contribution < -0.4 is 10.6 Å². The van der Waals surface area contributed by atoms with Crippen LogP contribution in [0.5, 0.6) is 0 Å². The van der Waals surface area contributed by atoms with Crippen LogP contribution in [0.2, 0.25) is 0 Å². The normalized spacial score (nSPS) is 16.4. The number of amides is 1. The van der Waals surface area contributed by atoms with Crippen LogP contribution in [-0.2, 0) is 11.3 Å². The molecule has 33 heavy (non-hydrogen) atoms. The van der Waals surface area contributed by atoms with Crippen molar-refractivity contribution in [1.82, 2.24) is 25.3 Å². The molecule has 8 nitrogen and oxygen atoms in total. The Morgan fingerprint density at radius 1 is 1.24 bits per heavy atom. The fourth-order valence-corrected chi connectivity index (χ4v) is 3.85. The third-order valence-corrected chi connectivity index (χ3v) is 5.37. The number of ether oxygens (including phenoxy) is 1. The summed E-state index contributed by atoms with van der Waals surface area (Å²) in [5.41, 5.74) is 3.76. The Kier molecular flexibility index (Phi) is 9.57. The first-order chi connectivity index (χ1) is 15.2. The summed E-state index contributed by atoms with van der Waals surface area (Å²) in [5.74, 6) is 0.854. The second kappa shape index (κ2) is 11.7. The molecule has 2 aromatic rings. The topological polar surface area (TPSA) is 83.8 Å². The summed E-state index contributed by atoms with van der Waals surface area (Å²) in [6.45, 7) is 14.6. The Morgan fingerprint density at radius 2 is 1.94 bits per heavy atom. The van der Waals surface area contributed by atoms with E-state index < -0.39 is 5.60 Å². The Balaban J connectivity index is 0.00000385. The maximum Gasteiger partial charge on any atom is 0.407 e. The molecule has 3 rings (SSSR count). The number of hydrogen-bond acceptors (Lipinski definition) is 4. The van der Waals surface area contributed by atoms with E-state index in [1.807, 2.05) is 50.6 Å². The molecule has 1 aliphatic heterocycles. The second-order valence-corrected chi connectivity index (χ2v) is 9.14. The van der Waals surface area contributed by atoms with Crippen LogP contribution in [0.4, 0.5) is 4.79 Å². The van der Waals surface area contributed by atoms with Gasteiger partial charge in [0, 0.05) is 30.9 Å². The van der Waals surface area contributed by atoms with Gasteiger partial charge >= 0.3 is 6.09 Å². The quantitative estimate of drug-likeness (QED) is 0.322. The van der Waals surface area contributed by atoms with E-state index >= 15 is 0 Å². The predicted molar refractivity (Wildman–Crippen MR) is 143 cm³/mol. The van der Waals surface area contributed by atoms with Gasteiger partial charge in [-0.2, -0.15) is 5.10 Å². The summed E-state index contributed by atoms with van der Waals surface area (Å²) < 4.78 is 7.37. The van der Waals surface area contributed by atoms with E-state index in [1.165, 1.54) is 0 Å². The van der Waals surface area contributed by atoms with Crippen molar-refractivity contribution in [3.63, 3.8) is 0 Å². The van der Waals surface area contributed by atoms with Crippen molar-refractivity contribution in [3.8, 4) is 5.69 Å². The fraction of sp³-hybridized carbons (Fsp3) is 0.542. The van der Waals surface area contributed by atoms with Crippen molar-refractivity contribution in [2.45, 2.75) is 66.2 Å². The number of guanidine groups is 1. The van der Waals surface area contributed by atoms with Crippen LogP contribution >= 0.6 is 24.0 Å². The summed E-state index contributed by atoms with van der Waals surface area (Å²) in [4.78, 5) is 19.2. The van der Waals surface area contributed by atoms with E-state index in [2.05, 4.69) is 41.5 Å². The van der Waals surface area contributed by atoms with Crippen LogP contribution in [0.3, 0.4) is 0 Å². The summed E-state index contributed by atoms with van der Waals surface area (Å²) in [7, 11) is 0. The van der Waals surface area contributed by atoms with Crippen LogP contribution in [-0.4, -0.2) is 58.0 Å². The van der Waals surface area contributed by atoms with E-state index in [0.29, 0.717) is 13.1 Å². The highest BCUT2D eigenvalue weighted by atomic mass is 127. The zero-order chi connectivity index (χ0) is 23.3. The summed E-state index contributed by atoms with van der Waals surface area (Å²) in [6.07, 6.45) is 0.485. The molecule has 0 bridgehead atoms. The summed E-state index contributed by atoms with van der Waals surface area (Å²) in [5, 5.41) is 11.1. The highest BCUT2D eigenvalue weighted by molar-refractivity contribution is 14.0. The van der Waals surface area contributed by atoms with E-state index in [1.54, 1.807) is 0 Å². The zero-order valence-electron chi connectivity index (χ0n) is 20.5. The van der Waals surface area contributed by atoms with E-state index in [4.69, 9.17) is 14.8 Å². The minimum atomic E-state index is -0.501. The van der Waals surface area contributed by atoms with Gasteiger partial charge in [-0.1, -0.05) is 18.2 Å². The van der Waals surface area contributed by atoms with Gasteiger partial charge in [0.1, 0.15) is 5.60 Å². The third-order valence-electron chi connectivity index (χ3n) is 5.37. The molecule has 1 aliphatic rings. The number of aryl methyl sites for hydroxylation is 1. The van der Waals surface area contributed by atoms with E-state index in [-0.39, 0.29) is 36.1 Å². The van der Waals surface area contributed by atoms with Gasteiger partial charge in [0.15, 0.2) is 5.96 Å². The lowest BCUT2D eigenvalue weighted by Crippen LogP contribution is -2.44. The summed E-state index contributed by atoms with van der Waals surface area (Å²) in [6, 6.07) is 10.2. The first-order valence-corrected chi connectivity index (χ1v) is 11.3. The molecule has 0 spiro atoms. The number of nitrogens with one attached hydrogen (secondary N) is 2. The van der Waals surface area contributed by atoms with Gasteiger partial charge in [0.05, 0.1) is 24.0 Å². The van der Waals surface area contributed by atoms with E-state index in [0.717, 1.165) is 48.1 Å². The smallest absolute Gasteiger partial charge is 0.407 e. The van der Waals surface area contributed by atoms with Gasteiger partial charge in [0.25, 0.3) is 0 Å². The van der Waals surface area contributed by atoms with Crippen LogP contribution in [0.25, 0.3) is 5.69 Å². The minimum Gasteiger partial charge on any atom is -0.444 e. The first-order valence-electron chi connectivity index (χ1n) is 11.3. The van der Waals surface area contributed by atoms with Gasteiger partial charge < -0.3 is 20.3 Å². The number of hydrogen-bond donors (Lipinski definition) is 2. The molecule has 0 radical (unpaired) electrons. The molecular weight excluding hydrogens is 531 g/mol. The van der Waals surface area contributed by atoms with Crippen molar-refractivity contribution < 1.29 is 9.53 Å². The molecule has 1 aromatic heterocycles. The zero-order valence-corrected chi connectivity index (χ0v) is 22.8. The average Bonchev–Trinajstić information content (AvgIpc) is 3.29. The maximum absolute atomic E-state index is 12.1. The highest BCUT2D eigenvalue weighted by Crippen LogP contribution is 2.19. The van der Waals surface area contributed by atoms with Gasteiger partial charge in [-0.3, -0.25) is 0 Å². The lowest BCUT2D eigenvalue weighted by atomic mass is 10.2. The van der Waals surface area contributed by atoms with Crippen molar-refractivity contribution in [3.05, 3.63) is 47.3 Å². The number of rotatable bonds is 5. The van der Waals surface area contributed by atoms with Gasteiger partial charge in [-0.25, -0.2) is 14.5 Å². The Bertz CT molecular complexity index is 952. The lowest BCUT2D eigenvalue weighted by Gasteiger charge is -2.23. The number of aliphatic imine (C=N–C) groups is 1. The molecule has 9 heteroatoms. The monoisotopic (exact) mass is 568 g/mol. The lowest BCUT2D eigenvalue weighted by molar-refractivity contribution is 0.0507. The van der Waals surface area contributed by atoms with Gasteiger partial charge in [0.2, 0.25) is 0 Å². The molecule has 1 fully saturated rings. The SMILES string of the molecule is CCNC(=NCc1c(C)nn(-c2ccccc2)c1C)N1CCC(NC(=O)OC(C)(C)C)C1.I. The number of carbonyl (C=O) groups is 1. The molecule has 1 aromatic carbocycles. The third kappa shape index (κ3) is 7.35. The van der Waals surface area contributed by atoms with E-state index in [9.17, 15) is 4.79 Å². The Labute approximate surface area is 214 Å². The number of nitrogens with zero attached hydrogens (tertiary/aromatic N) is 4. The van der Waals surface area contributed by atoms with Crippen LogP contribution in [0, 0.1) is 13.8 Å². The fourth-order valence-electron chi connectivity index (χ4n) is 3.85. The number of benzene rings is 1. The van der Waals surface area contributed by atoms with Crippen LogP contribution in [0.1, 0.15) is 51.1 Å². The van der Waals surface area contributed by atoms with Gasteiger partial charge in [-0.05, 0) is 60.1 Å². The largest absolute Gasteiger partial charge is 0.444 e. The van der Waals surface area contributed by atoms with Crippen molar-refractivity contribution in [1.29, 1.82) is 0 Å². The number of alkyl carbamates (subject to hydrolysis) is 1.